The molecular formula is C21H35IN4O2. The van der Waals surface area contributed by atoms with Crippen molar-refractivity contribution in [2.75, 3.05) is 40.4 Å². The van der Waals surface area contributed by atoms with E-state index in [0.29, 0.717) is 6.54 Å². The molecule has 7 heteroatoms. The summed E-state index contributed by atoms with van der Waals surface area (Å²) in [5, 5.41) is 6.83. The third-order valence-electron chi connectivity index (χ3n) is 5.19. The van der Waals surface area contributed by atoms with Gasteiger partial charge in [0.15, 0.2) is 5.96 Å². The monoisotopic (exact) mass is 502 g/mol. The Morgan fingerprint density at radius 1 is 1.14 bits per heavy atom. The molecule has 0 aliphatic heterocycles. The number of hydrogen-bond acceptors (Lipinski definition) is 4. The van der Waals surface area contributed by atoms with Crippen molar-refractivity contribution in [3.05, 3.63) is 23.8 Å². The minimum atomic E-state index is 0. The first-order valence-electron chi connectivity index (χ1n) is 10.2. The van der Waals surface area contributed by atoms with Crippen molar-refractivity contribution in [1.29, 1.82) is 0 Å². The molecule has 0 saturated heterocycles. The summed E-state index contributed by atoms with van der Waals surface area (Å²) in [5.41, 5.74) is 1.05. The standard InChI is InChI=1S/C21H34N4O2.HI/c1-4-22-21(23-11-12-25(18-8-9-18)15-16-5-6-16)24-14-17-7-10-19(26-2)13-20(17)27-3;/h7,10,13,16,18H,4-6,8-9,11-12,14-15H2,1-3H3,(H2,22,23,24);1H. The zero-order valence-electron chi connectivity index (χ0n) is 17.4. The molecular weight excluding hydrogens is 467 g/mol. The van der Waals surface area contributed by atoms with Crippen LogP contribution in [-0.2, 0) is 6.54 Å². The number of ether oxygens (including phenoxy) is 2. The second-order valence-corrected chi connectivity index (χ2v) is 7.47. The molecule has 0 amide bonds. The summed E-state index contributed by atoms with van der Waals surface area (Å²) in [4.78, 5) is 7.40. The van der Waals surface area contributed by atoms with Crippen LogP contribution in [0.15, 0.2) is 23.2 Å². The van der Waals surface area contributed by atoms with E-state index in [1.807, 2.05) is 18.2 Å². The van der Waals surface area contributed by atoms with Gasteiger partial charge in [0.2, 0.25) is 0 Å². The third-order valence-corrected chi connectivity index (χ3v) is 5.19. The molecule has 0 radical (unpaired) electrons. The van der Waals surface area contributed by atoms with Gasteiger partial charge in [0.05, 0.1) is 20.8 Å². The van der Waals surface area contributed by atoms with Crippen molar-refractivity contribution >= 4 is 29.9 Å². The van der Waals surface area contributed by atoms with Gasteiger partial charge in [-0.1, -0.05) is 0 Å². The number of guanidine groups is 1. The van der Waals surface area contributed by atoms with E-state index in [0.717, 1.165) is 54.6 Å². The maximum atomic E-state index is 5.47. The smallest absolute Gasteiger partial charge is 0.191 e. The highest BCUT2D eigenvalue weighted by Gasteiger charge is 2.33. The lowest BCUT2D eigenvalue weighted by molar-refractivity contribution is 0.256. The molecule has 6 nitrogen and oxygen atoms in total. The maximum absolute atomic E-state index is 5.47. The Bertz CT molecular complexity index is 633. The predicted molar refractivity (Wildman–Crippen MR) is 125 cm³/mol. The number of hydrogen-bond donors (Lipinski definition) is 2. The largest absolute Gasteiger partial charge is 0.497 e. The summed E-state index contributed by atoms with van der Waals surface area (Å²) < 4.78 is 10.7. The van der Waals surface area contributed by atoms with Gasteiger partial charge in [-0.15, -0.1) is 24.0 Å². The first-order chi connectivity index (χ1) is 13.2. The van der Waals surface area contributed by atoms with Crippen molar-refractivity contribution in [2.45, 2.75) is 45.2 Å². The third kappa shape index (κ3) is 7.31. The summed E-state index contributed by atoms with van der Waals surface area (Å²) in [5.74, 6) is 3.41. The predicted octanol–water partition coefficient (Wildman–Crippen LogP) is 3.25. The number of benzene rings is 1. The second kappa shape index (κ2) is 11.7. The Kier molecular flexibility index (Phi) is 9.64. The van der Waals surface area contributed by atoms with Crippen LogP contribution in [0.1, 0.15) is 38.2 Å². The van der Waals surface area contributed by atoms with E-state index in [9.17, 15) is 0 Å². The molecule has 2 aliphatic carbocycles. The normalized spacial score (nSPS) is 16.5. The average molecular weight is 502 g/mol. The summed E-state index contributed by atoms with van der Waals surface area (Å²) in [7, 11) is 3.34. The number of halogens is 1. The molecule has 0 heterocycles. The maximum Gasteiger partial charge on any atom is 0.191 e. The van der Waals surface area contributed by atoms with Crippen molar-refractivity contribution in [3.63, 3.8) is 0 Å². The van der Waals surface area contributed by atoms with Gasteiger partial charge in [-0.3, -0.25) is 4.90 Å². The van der Waals surface area contributed by atoms with E-state index in [1.165, 1.54) is 32.2 Å². The number of methoxy groups -OCH3 is 2. The van der Waals surface area contributed by atoms with Crippen molar-refractivity contribution < 1.29 is 9.47 Å². The van der Waals surface area contributed by atoms with Gasteiger partial charge in [-0.2, -0.15) is 0 Å². The lowest BCUT2D eigenvalue weighted by Gasteiger charge is -2.22. The molecule has 1 aromatic carbocycles. The van der Waals surface area contributed by atoms with E-state index in [4.69, 9.17) is 14.5 Å². The average Bonchev–Trinajstić information content (AvgIpc) is 3.58. The van der Waals surface area contributed by atoms with E-state index in [2.05, 4.69) is 22.5 Å². The van der Waals surface area contributed by atoms with E-state index in [-0.39, 0.29) is 24.0 Å². The summed E-state index contributed by atoms with van der Waals surface area (Å²) >= 11 is 0. The zero-order valence-corrected chi connectivity index (χ0v) is 19.7. The molecule has 1 aromatic rings. The van der Waals surface area contributed by atoms with Crippen LogP contribution in [0.25, 0.3) is 0 Å². The molecule has 2 N–H and O–H groups in total. The van der Waals surface area contributed by atoms with Gasteiger partial charge < -0.3 is 20.1 Å². The van der Waals surface area contributed by atoms with E-state index in [1.54, 1.807) is 14.2 Å². The van der Waals surface area contributed by atoms with Crippen LogP contribution < -0.4 is 20.1 Å². The van der Waals surface area contributed by atoms with Crippen LogP contribution in [0.3, 0.4) is 0 Å². The Balaban J connectivity index is 0.00000280. The first kappa shape index (κ1) is 23.1. The zero-order chi connectivity index (χ0) is 19.1. The Morgan fingerprint density at radius 3 is 2.54 bits per heavy atom. The van der Waals surface area contributed by atoms with Crippen molar-refractivity contribution in [3.8, 4) is 11.5 Å². The Morgan fingerprint density at radius 2 is 1.93 bits per heavy atom. The summed E-state index contributed by atoms with van der Waals surface area (Å²) in [6.45, 7) is 6.81. The fourth-order valence-corrected chi connectivity index (χ4v) is 3.30. The molecule has 28 heavy (non-hydrogen) atoms. The van der Waals surface area contributed by atoms with E-state index >= 15 is 0 Å². The lowest BCUT2D eigenvalue weighted by Crippen LogP contribution is -2.42. The molecule has 0 unspecified atom stereocenters. The van der Waals surface area contributed by atoms with Crippen molar-refractivity contribution in [2.24, 2.45) is 10.9 Å². The number of aliphatic imine (C=N–C) groups is 1. The van der Waals surface area contributed by atoms with Crippen molar-refractivity contribution in [1.82, 2.24) is 15.5 Å². The van der Waals surface area contributed by atoms with Gasteiger partial charge in [0.25, 0.3) is 0 Å². The van der Waals surface area contributed by atoms with E-state index < -0.39 is 0 Å². The minimum absolute atomic E-state index is 0. The molecule has 3 rings (SSSR count). The summed E-state index contributed by atoms with van der Waals surface area (Å²) in [6.07, 6.45) is 5.59. The molecule has 2 fully saturated rings. The Hall–Kier alpha value is -1.22. The van der Waals surface area contributed by atoms with Crippen LogP contribution >= 0.6 is 24.0 Å². The SMILES string of the molecule is CCNC(=NCc1ccc(OC)cc1OC)NCCN(CC1CC1)C1CC1.I. The fraction of sp³-hybridized carbons (Fsp3) is 0.667. The van der Waals surface area contributed by atoms with Crippen LogP contribution in [0, 0.1) is 5.92 Å². The Labute approximate surface area is 186 Å². The molecule has 0 aromatic heterocycles. The first-order valence-corrected chi connectivity index (χ1v) is 10.2. The van der Waals surface area contributed by atoms with Gasteiger partial charge in [0.1, 0.15) is 11.5 Å². The topological polar surface area (TPSA) is 58.1 Å². The highest BCUT2D eigenvalue weighted by molar-refractivity contribution is 14.0. The highest BCUT2D eigenvalue weighted by atomic mass is 127. The van der Waals surface area contributed by atoms with Crippen LogP contribution in [0.2, 0.25) is 0 Å². The molecule has 0 atom stereocenters. The van der Waals surface area contributed by atoms with Gasteiger partial charge in [-0.25, -0.2) is 4.99 Å². The van der Waals surface area contributed by atoms with Crippen LogP contribution in [0.4, 0.5) is 0 Å². The second-order valence-electron chi connectivity index (χ2n) is 7.47. The fourth-order valence-electron chi connectivity index (χ4n) is 3.30. The molecule has 2 saturated carbocycles. The molecule has 158 valence electrons. The minimum Gasteiger partial charge on any atom is -0.497 e. The summed E-state index contributed by atoms with van der Waals surface area (Å²) in [6, 6.07) is 6.68. The highest BCUT2D eigenvalue weighted by Crippen LogP contribution is 2.34. The number of nitrogens with one attached hydrogen (secondary N) is 2. The molecule has 0 bridgehead atoms. The van der Waals surface area contributed by atoms with Crippen LogP contribution in [-0.4, -0.2) is 57.3 Å². The number of nitrogens with zero attached hydrogens (tertiary/aromatic N) is 2. The van der Waals surface area contributed by atoms with Crippen LogP contribution in [0.5, 0.6) is 11.5 Å². The molecule has 2 aliphatic rings. The number of rotatable bonds is 11. The van der Waals surface area contributed by atoms with Gasteiger partial charge in [0, 0.05) is 43.9 Å². The quantitative estimate of drug-likeness (QED) is 0.277. The van der Waals surface area contributed by atoms with Gasteiger partial charge in [-0.05, 0) is 50.7 Å². The molecule has 0 spiro atoms. The van der Waals surface area contributed by atoms with Gasteiger partial charge >= 0.3 is 0 Å². The lowest BCUT2D eigenvalue weighted by atomic mass is 10.2.